The third kappa shape index (κ3) is 2.85. The highest BCUT2D eigenvalue weighted by Gasteiger charge is 2.55. The number of benzene rings is 1. The average Bonchev–Trinajstić information content (AvgIpc) is 2.96. The standard InChI is InChI=1S/C20H21ClN4O/c1-24-18-6-3-7-22-20(18)23-19(24)11-25-9-15-16(10-25)17(15)12-26-14-5-2-4-13(21)8-14/h2-8,15-17H,9-12H2,1H3. The highest BCUT2D eigenvalue weighted by Crippen LogP contribution is 2.52. The summed E-state index contributed by atoms with van der Waals surface area (Å²) in [5, 5.41) is 0.724. The molecule has 2 atom stereocenters. The predicted molar refractivity (Wildman–Crippen MR) is 101 cm³/mol. The summed E-state index contributed by atoms with van der Waals surface area (Å²) < 4.78 is 8.09. The molecule has 1 aliphatic heterocycles. The number of piperidine rings is 1. The van der Waals surface area contributed by atoms with Crippen molar-refractivity contribution in [1.29, 1.82) is 0 Å². The molecular weight excluding hydrogens is 348 g/mol. The maximum atomic E-state index is 6.01. The van der Waals surface area contributed by atoms with Gasteiger partial charge in [0.05, 0.1) is 18.7 Å². The maximum Gasteiger partial charge on any atom is 0.177 e. The molecule has 1 saturated carbocycles. The fourth-order valence-corrected chi connectivity index (χ4v) is 4.46. The van der Waals surface area contributed by atoms with Gasteiger partial charge in [-0.1, -0.05) is 17.7 Å². The monoisotopic (exact) mass is 368 g/mol. The van der Waals surface area contributed by atoms with Gasteiger partial charge in [0, 0.05) is 37.3 Å². The number of halogens is 1. The third-order valence-electron chi connectivity index (χ3n) is 5.80. The molecule has 0 bridgehead atoms. The van der Waals surface area contributed by atoms with Gasteiger partial charge in [-0.3, -0.25) is 4.90 Å². The van der Waals surface area contributed by atoms with Crippen LogP contribution in [0.3, 0.4) is 0 Å². The Morgan fingerprint density at radius 1 is 1.19 bits per heavy atom. The van der Waals surface area contributed by atoms with Crippen LogP contribution in [0.2, 0.25) is 5.02 Å². The largest absolute Gasteiger partial charge is 0.493 e. The van der Waals surface area contributed by atoms with E-state index in [9.17, 15) is 0 Å². The number of hydrogen-bond acceptors (Lipinski definition) is 4. The number of likely N-dealkylation sites (tertiary alicyclic amines) is 1. The molecule has 5 nitrogen and oxygen atoms in total. The Hall–Kier alpha value is -2.11. The van der Waals surface area contributed by atoms with Crippen LogP contribution in [-0.2, 0) is 13.6 Å². The second-order valence-electron chi connectivity index (χ2n) is 7.39. The summed E-state index contributed by atoms with van der Waals surface area (Å²) in [5.41, 5.74) is 1.93. The zero-order valence-electron chi connectivity index (χ0n) is 14.7. The van der Waals surface area contributed by atoms with Gasteiger partial charge in [0.25, 0.3) is 0 Å². The first-order valence-electron chi connectivity index (χ1n) is 9.06. The summed E-state index contributed by atoms with van der Waals surface area (Å²) in [7, 11) is 2.07. The summed E-state index contributed by atoms with van der Waals surface area (Å²) >= 11 is 6.01. The molecule has 26 heavy (non-hydrogen) atoms. The van der Waals surface area contributed by atoms with E-state index in [4.69, 9.17) is 21.3 Å². The fourth-order valence-electron chi connectivity index (χ4n) is 4.28. The quantitative estimate of drug-likeness (QED) is 0.692. The first kappa shape index (κ1) is 16.1. The highest BCUT2D eigenvalue weighted by molar-refractivity contribution is 6.30. The molecule has 3 aromatic rings. The molecule has 2 unspecified atom stereocenters. The fraction of sp³-hybridized carbons (Fsp3) is 0.400. The van der Waals surface area contributed by atoms with Crippen molar-refractivity contribution in [3.63, 3.8) is 0 Å². The Balaban J connectivity index is 1.17. The molecule has 1 aromatic carbocycles. The van der Waals surface area contributed by atoms with Crippen molar-refractivity contribution in [2.75, 3.05) is 19.7 Å². The van der Waals surface area contributed by atoms with E-state index in [1.807, 2.05) is 30.3 Å². The van der Waals surface area contributed by atoms with Crippen LogP contribution in [0.5, 0.6) is 5.75 Å². The molecule has 1 aliphatic carbocycles. The summed E-state index contributed by atoms with van der Waals surface area (Å²) in [5.74, 6) is 4.13. The minimum Gasteiger partial charge on any atom is -0.493 e. The van der Waals surface area contributed by atoms with Gasteiger partial charge in [-0.2, -0.15) is 0 Å². The van der Waals surface area contributed by atoms with Crippen LogP contribution < -0.4 is 4.74 Å². The number of imidazole rings is 1. The Kier molecular flexibility index (Phi) is 3.87. The van der Waals surface area contributed by atoms with E-state index >= 15 is 0 Å². The van der Waals surface area contributed by atoms with E-state index in [0.29, 0.717) is 5.92 Å². The summed E-state index contributed by atoms with van der Waals surface area (Å²) in [4.78, 5) is 11.6. The molecule has 0 N–H and O–H groups in total. The van der Waals surface area contributed by atoms with Crippen molar-refractivity contribution in [1.82, 2.24) is 19.4 Å². The van der Waals surface area contributed by atoms with Gasteiger partial charge < -0.3 is 9.30 Å². The zero-order valence-corrected chi connectivity index (χ0v) is 15.4. The molecule has 0 amide bonds. The average molecular weight is 369 g/mol. The van der Waals surface area contributed by atoms with Crippen LogP contribution in [0.4, 0.5) is 0 Å². The Morgan fingerprint density at radius 3 is 2.81 bits per heavy atom. The molecule has 0 radical (unpaired) electrons. The number of hydrogen-bond donors (Lipinski definition) is 0. The summed E-state index contributed by atoms with van der Waals surface area (Å²) in [6.07, 6.45) is 1.80. The first-order chi connectivity index (χ1) is 12.7. The van der Waals surface area contributed by atoms with Crippen molar-refractivity contribution >= 4 is 22.8 Å². The van der Waals surface area contributed by atoms with Gasteiger partial charge in [0.2, 0.25) is 0 Å². The lowest BCUT2D eigenvalue weighted by Crippen LogP contribution is -2.26. The van der Waals surface area contributed by atoms with Gasteiger partial charge in [-0.05, 0) is 42.2 Å². The molecule has 134 valence electrons. The molecule has 6 heteroatoms. The van der Waals surface area contributed by atoms with Gasteiger partial charge in [-0.15, -0.1) is 0 Å². The Labute approximate surface area is 157 Å². The number of rotatable bonds is 5. The van der Waals surface area contributed by atoms with E-state index in [2.05, 4.69) is 27.6 Å². The highest BCUT2D eigenvalue weighted by atomic mass is 35.5. The zero-order chi connectivity index (χ0) is 17.7. The topological polar surface area (TPSA) is 43.2 Å². The minimum atomic E-state index is 0.673. The smallest absolute Gasteiger partial charge is 0.177 e. The number of nitrogens with zero attached hydrogens (tertiary/aromatic N) is 4. The van der Waals surface area contributed by atoms with Crippen LogP contribution in [-0.4, -0.2) is 39.1 Å². The van der Waals surface area contributed by atoms with Crippen LogP contribution in [0.1, 0.15) is 5.82 Å². The number of aromatic nitrogens is 3. The second kappa shape index (κ2) is 6.25. The first-order valence-corrected chi connectivity index (χ1v) is 9.44. The van der Waals surface area contributed by atoms with E-state index in [0.717, 1.165) is 65.8 Å². The van der Waals surface area contributed by atoms with Gasteiger partial charge in [-0.25, -0.2) is 9.97 Å². The predicted octanol–water partition coefficient (Wildman–Crippen LogP) is 3.38. The molecule has 3 heterocycles. The van der Waals surface area contributed by atoms with E-state index < -0.39 is 0 Å². The van der Waals surface area contributed by atoms with Crippen molar-refractivity contribution in [2.24, 2.45) is 24.8 Å². The van der Waals surface area contributed by atoms with Crippen molar-refractivity contribution < 1.29 is 4.74 Å². The van der Waals surface area contributed by atoms with Crippen molar-refractivity contribution in [3.05, 3.63) is 53.4 Å². The lowest BCUT2D eigenvalue weighted by Gasteiger charge is -2.19. The molecule has 5 rings (SSSR count). The Bertz CT molecular complexity index is 944. The molecule has 2 aromatic heterocycles. The molecule has 1 saturated heterocycles. The van der Waals surface area contributed by atoms with Gasteiger partial charge in [0.15, 0.2) is 5.65 Å². The lowest BCUT2D eigenvalue weighted by molar-refractivity contribution is 0.226. The third-order valence-corrected chi connectivity index (χ3v) is 6.04. The van der Waals surface area contributed by atoms with Gasteiger partial charge in [0.1, 0.15) is 11.6 Å². The SMILES string of the molecule is Cn1c(CN2CC3C(COc4cccc(Cl)c4)C3C2)nc2ncccc21. The molecule has 2 fully saturated rings. The second-order valence-corrected chi connectivity index (χ2v) is 7.82. The van der Waals surface area contributed by atoms with E-state index in [-0.39, 0.29) is 0 Å². The summed E-state index contributed by atoms with van der Waals surface area (Å²) in [6.45, 7) is 3.94. The van der Waals surface area contributed by atoms with Crippen LogP contribution in [0.25, 0.3) is 11.2 Å². The van der Waals surface area contributed by atoms with E-state index in [1.54, 1.807) is 6.20 Å². The van der Waals surface area contributed by atoms with Crippen LogP contribution in [0, 0.1) is 17.8 Å². The molecule has 0 spiro atoms. The van der Waals surface area contributed by atoms with Crippen molar-refractivity contribution in [2.45, 2.75) is 6.54 Å². The molecule has 2 aliphatic rings. The number of pyridine rings is 1. The summed E-state index contributed by atoms with van der Waals surface area (Å²) in [6, 6.07) is 11.7. The van der Waals surface area contributed by atoms with Crippen LogP contribution >= 0.6 is 11.6 Å². The normalized spacial score (nSPS) is 24.8. The lowest BCUT2D eigenvalue weighted by atomic mass is 10.2. The number of ether oxygens (including phenoxy) is 1. The maximum absolute atomic E-state index is 6.01. The Morgan fingerprint density at radius 2 is 2.04 bits per heavy atom. The van der Waals surface area contributed by atoms with Gasteiger partial charge >= 0.3 is 0 Å². The number of fused-ring (bicyclic) bond motifs is 2. The minimum absolute atomic E-state index is 0.673. The van der Waals surface area contributed by atoms with Crippen molar-refractivity contribution in [3.8, 4) is 5.75 Å². The van der Waals surface area contributed by atoms with E-state index in [1.165, 1.54) is 0 Å². The number of aryl methyl sites for hydroxylation is 1. The molecular formula is C20H21ClN4O. The van der Waals surface area contributed by atoms with Crippen LogP contribution in [0.15, 0.2) is 42.6 Å².